The fraction of sp³-hybridized carbons (Fsp3) is 0.290. The molecule has 0 saturated carbocycles. The molecule has 0 spiro atoms. The number of amidine groups is 1. The van der Waals surface area contributed by atoms with Crippen molar-refractivity contribution in [2.75, 3.05) is 17.2 Å². The molecule has 5 rings (SSSR count). The summed E-state index contributed by atoms with van der Waals surface area (Å²) >= 11 is 1.58. The maximum Gasteiger partial charge on any atom is 0.573 e. The third kappa shape index (κ3) is 7.56. The molecule has 2 heterocycles. The number of hydrogen-bond donors (Lipinski definition) is 1. The zero-order valence-electron chi connectivity index (χ0n) is 23.9. The standard InChI is InChI=1S/C31H31F3N6O2S/c1-4-5-23-7-6-20(2)18-27(23)39-16-17-43-30(39)37-29(41)36-21(3)22-8-10-24(11-9-22)28-35-19-40(38-28)25-12-14-26(15-13-25)42-31(32,33)34/h6-15,18-19,21H,4-5,16-17H2,1-3H3,(H,36,41)/b37-30-. The first-order valence-corrected chi connectivity index (χ1v) is 14.9. The van der Waals surface area contributed by atoms with Crippen molar-refractivity contribution in [3.63, 3.8) is 0 Å². The van der Waals surface area contributed by atoms with Crippen LogP contribution in [0, 0.1) is 6.92 Å². The number of carbonyl (C=O) groups excluding carboxylic acids is 1. The summed E-state index contributed by atoms with van der Waals surface area (Å²) in [5, 5.41) is 8.11. The molecule has 1 saturated heterocycles. The van der Waals surface area contributed by atoms with Gasteiger partial charge in [-0.15, -0.1) is 18.3 Å². The Morgan fingerprint density at radius 2 is 1.86 bits per heavy atom. The summed E-state index contributed by atoms with van der Waals surface area (Å²) < 4.78 is 42.6. The Balaban J connectivity index is 1.23. The van der Waals surface area contributed by atoms with Crippen molar-refractivity contribution in [1.82, 2.24) is 20.1 Å². The van der Waals surface area contributed by atoms with Gasteiger partial charge in [-0.3, -0.25) is 0 Å². The van der Waals surface area contributed by atoms with Gasteiger partial charge in [-0.05, 0) is 67.3 Å². The minimum atomic E-state index is -4.75. The summed E-state index contributed by atoms with van der Waals surface area (Å²) in [6, 6.07) is 18.6. The molecule has 1 atom stereocenters. The molecule has 8 nitrogen and oxygen atoms in total. The molecule has 4 aromatic rings. The molecule has 0 radical (unpaired) electrons. The first kappa shape index (κ1) is 30.1. The number of nitrogens with zero attached hydrogens (tertiary/aromatic N) is 5. The maximum atomic E-state index is 12.9. The number of aliphatic imine (C=N–C) groups is 1. The van der Waals surface area contributed by atoms with Crippen LogP contribution in [0.3, 0.4) is 0 Å². The first-order valence-electron chi connectivity index (χ1n) is 13.9. The van der Waals surface area contributed by atoms with Crippen molar-refractivity contribution in [1.29, 1.82) is 0 Å². The summed E-state index contributed by atoms with van der Waals surface area (Å²) in [7, 11) is 0. The van der Waals surface area contributed by atoms with E-state index in [1.807, 2.05) is 31.2 Å². The molecular formula is C31H31F3N6O2S. The molecule has 1 unspecified atom stereocenters. The molecule has 1 fully saturated rings. The van der Waals surface area contributed by atoms with Crippen LogP contribution in [0.25, 0.3) is 17.1 Å². The van der Waals surface area contributed by atoms with Crippen LogP contribution in [0.2, 0.25) is 0 Å². The van der Waals surface area contributed by atoms with Crippen molar-refractivity contribution in [3.05, 3.63) is 89.7 Å². The van der Waals surface area contributed by atoms with E-state index < -0.39 is 12.4 Å². The second-order valence-corrected chi connectivity index (χ2v) is 11.2. The second kappa shape index (κ2) is 12.9. The topological polar surface area (TPSA) is 84.6 Å². The number of halogens is 3. The Hall–Kier alpha value is -4.32. The predicted octanol–water partition coefficient (Wildman–Crippen LogP) is 7.47. The van der Waals surface area contributed by atoms with E-state index in [1.54, 1.807) is 11.8 Å². The van der Waals surface area contributed by atoms with Gasteiger partial charge >= 0.3 is 12.4 Å². The number of aryl methyl sites for hydroxylation is 2. The Morgan fingerprint density at radius 3 is 2.56 bits per heavy atom. The van der Waals surface area contributed by atoms with Gasteiger partial charge in [-0.1, -0.05) is 61.5 Å². The fourth-order valence-electron chi connectivity index (χ4n) is 4.75. The van der Waals surface area contributed by atoms with Gasteiger partial charge in [0, 0.05) is 23.5 Å². The SMILES string of the molecule is CCCc1ccc(C)cc1N1CCS/C1=N\C(=O)NC(C)c1ccc(-c2ncn(-c3ccc(OC(F)(F)F)cc3)n2)cc1. The van der Waals surface area contributed by atoms with E-state index in [4.69, 9.17) is 0 Å². The lowest BCUT2D eigenvalue weighted by Gasteiger charge is -2.22. The van der Waals surface area contributed by atoms with Crippen molar-refractivity contribution < 1.29 is 22.7 Å². The van der Waals surface area contributed by atoms with Crippen LogP contribution >= 0.6 is 11.8 Å². The normalized spacial score (nSPS) is 15.1. The number of anilines is 1. The van der Waals surface area contributed by atoms with Gasteiger partial charge in [0.25, 0.3) is 0 Å². The van der Waals surface area contributed by atoms with Gasteiger partial charge in [-0.2, -0.15) is 4.99 Å². The zero-order valence-corrected chi connectivity index (χ0v) is 24.7. The number of benzene rings is 3. The highest BCUT2D eigenvalue weighted by Crippen LogP contribution is 2.31. The van der Waals surface area contributed by atoms with E-state index in [0.717, 1.165) is 42.0 Å². The Kier molecular flexibility index (Phi) is 9.05. The summed E-state index contributed by atoms with van der Waals surface area (Å²) in [6.07, 6.45) is -1.27. The van der Waals surface area contributed by atoms with Crippen LogP contribution in [0.15, 0.2) is 78.0 Å². The Morgan fingerprint density at radius 1 is 1.12 bits per heavy atom. The lowest BCUT2D eigenvalue weighted by atomic mass is 10.0. The van der Waals surface area contributed by atoms with Crippen molar-refractivity contribution in [3.8, 4) is 22.8 Å². The molecule has 2 amide bonds. The molecular weight excluding hydrogens is 577 g/mol. The lowest BCUT2D eigenvalue weighted by Crippen LogP contribution is -2.29. The van der Waals surface area contributed by atoms with Crippen LogP contribution in [0.5, 0.6) is 5.75 Å². The number of rotatable bonds is 8. The predicted molar refractivity (Wildman–Crippen MR) is 163 cm³/mol. The van der Waals surface area contributed by atoms with Crippen LogP contribution < -0.4 is 15.0 Å². The average Bonchev–Trinajstić information content (AvgIpc) is 3.64. The van der Waals surface area contributed by atoms with Gasteiger partial charge < -0.3 is 15.0 Å². The molecule has 3 aromatic carbocycles. The highest BCUT2D eigenvalue weighted by atomic mass is 32.2. The number of amides is 2. The number of hydrogen-bond acceptors (Lipinski definition) is 5. The lowest BCUT2D eigenvalue weighted by molar-refractivity contribution is -0.274. The summed E-state index contributed by atoms with van der Waals surface area (Å²) in [4.78, 5) is 23.8. The summed E-state index contributed by atoms with van der Waals surface area (Å²) in [5.41, 5.74) is 5.71. The summed E-state index contributed by atoms with van der Waals surface area (Å²) in [6.45, 7) is 6.92. The van der Waals surface area contributed by atoms with E-state index in [1.165, 1.54) is 46.4 Å². The molecule has 224 valence electrons. The molecule has 1 aromatic heterocycles. The number of alkyl halides is 3. The Bertz CT molecular complexity index is 1600. The van der Waals surface area contributed by atoms with Crippen LogP contribution in [-0.2, 0) is 6.42 Å². The molecule has 0 aliphatic carbocycles. The van der Waals surface area contributed by atoms with E-state index in [9.17, 15) is 18.0 Å². The van der Waals surface area contributed by atoms with E-state index >= 15 is 0 Å². The van der Waals surface area contributed by atoms with Gasteiger partial charge in [0.15, 0.2) is 11.0 Å². The zero-order chi connectivity index (χ0) is 30.6. The average molecular weight is 609 g/mol. The molecule has 1 N–H and O–H groups in total. The van der Waals surface area contributed by atoms with E-state index in [-0.39, 0.29) is 11.8 Å². The van der Waals surface area contributed by atoms with Gasteiger partial charge in [0.05, 0.1) is 11.7 Å². The van der Waals surface area contributed by atoms with Crippen molar-refractivity contribution >= 4 is 28.6 Å². The van der Waals surface area contributed by atoms with Gasteiger partial charge in [-0.25, -0.2) is 14.5 Å². The van der Waals surface area contributed by atoms with Gasteiger partial charge in [0.1, 0.15) is 12.1 Å². The quantitative estimate of drug-likeness (QED) is 0.223. The second-order valence-electron chi connectivity index (χ2n) is 10.1. The monoisotopic (exact) mass is 608 g/mol. The fourth-order valence-corrected chi connectivity index (χ4v) is 5.70. The smallest absolute Gasteiger partial charge is 0.406 e. The molecule has 1 aliphatic rings. The molecule has 12 heteroatoms. The minimum absolute atomic E-state index is 0.289. The van der Waals surface area contributed by atoms with Crippen molar-refractivity contribution in [2.45, 2.75) is 46.0 Å². The molecule has 0 bridgehead atoms. The number of thioether (sulfide) groups is 1. The highest BCUT2D eigenvalue weighted by molar-refractivity contribution is 8.14. The molecule has 43 heavy (non-hydrogen) atoms. The van der Waals surface area contributed by atoms with Crippen LogP contribution in [-0.4, -0.2) is 44.6 Å². The van der Waals surface area contributed by atoms with Crippen LogP contribution in [0.1, 0.15) is 43.0 Å². The van der Waals surface area contributed by atoms with Gasteiger partial charge in [0.2, 0.25) is 0 Å². The molecule has 1 aliphatic heterocycles. The highest BCUT2D eigenvalue weighted by Gasteiger charge is 2.31. The Labute approximate surface area is 252 Å². The number of urea groups is 1. The van der Waals surface area contributed by atoms with Crippen molar-refractivity contribution in [2.24, 2.45) is 4.99 Å². The number of aromatic nitrogens is 3. The van der Waals surface area contributed by atoms with E-state index in [2.05, 4.69) is 62.1 Å². The summed E-state index contributed by atoms with van der Waals surface area (Å²) in [5.74, 6) is 0.998. The third-order valence-electron chi connectivity index (χ3n) is 6.86. The number of ether oxygens (including phenoxy) is 1. The minimum Gasteiger partial charge on any atom is -0.406 e. The van der Waals surface area contributed by atoms with Crippen LogP contribution in [0.4, 0.5) is 23.7 Å². The van der Waals surface area contributed by atoms with E-state index in [0.29, 0.717) is 16.7 Å². The largest absolute Gasteiger partial charge is 0.573 e. The maximum absolute atomic E-state index is 12.9. The number of carbonyl (C=O) groups is 1. The first-order chi connectivity index (χ1) is 20.6. The number of nitrogens with one attached hydrogen (secondary N) is 1. The third-order valence-corrected chi connectivity index (χ3v) is 7.82.